The fourth-order valence-electron chi connectivity index (χ4n) is 1.69. The van der Waals surface area contributed by atoms with Crippen molar-refractivity contribution in [1.82, 2.24) is 5.32 Å². The summed E-state index contributed by atoms with van der Waals surface area (Å²) in [5, 5.41) is 11.3. The van der Waals surface area contributed by atoms with Crippen LogP contribution in [0.2, 0.25) is 0 Å². The van der Waals surface area contributed by atoms with Crippen LogP contribution in [0.25, 0.3) is 0 Å². The summed E-state index contributed by atoms with van der Waals surface area (Å²) in [4.78, 5) is 21.7. The third kappa shape index (κ3) is 11.7. The molecule has 0 spiro atoms. The average Bonchev–Trinajstić information content (AvgIpc) is 2.38. The number of hydrogen-bond donors (Lipinski definition) is 2. The number of carbonyl (C=O) groups excluding carboxylic acids is 1. The van der Waals surface area contributed by atoms with E-state index in [0.29, 0.717) is 32.0 Å². The summed E-state index contributed by atoms with van der Waals surface area (Å²) in [6.07, 6.45) is 4.85. The summed E-state index contributed by atoms with van der Waals surface area (Å²) in [6.45, 7) is 5.63. The molecule has 0 aromatic heterocycles. The lowest BCUT2D eigenvalue weighted by atomic mass is 10.0. The molecule has 19 heavy (non-hydrogen) atoms. The standard InChI is InChI=1S/C14H27NO4/c1-3-5-6-12(4-2)11-19-14(18)8-10-15-9-7-13(16)17/h12,15H,3-11H2,1-2H3,(H,16,17). The highest BCUT2D eigenvalue weighted by molar-refractivity contribution is 5.69. The van der Waals surface area contributed by atoms with E-state index in [1.54, 1.807) is 0 Å². The maximum Gasteiger partial charge on any atom is 0.307 e. The van der Waals surface area contributed by atoms with E-state index in [4.69, 9.17) is 9.84 Å². The predicted octanol–water partition coefficient (Wildman–Crippen LogP) is 2.20. The van der Waals surface area contributed by atoms with Gasteiger partial charge in [-0.2, -0.15) is 0 Å². The first kappa shape index (κ1) is 17.9. The van der Waals surface area contributed by atoms with Gasteiger partial charge in [0.2, 0.25) is 0 Å². The Bertz CT molecular complexity index is 256. The molecule has 0 rings (SSSR count). The second-order valence-electron chi connectivity index (χ2n) is 4.74. The lowest BCUT2D eigenvalue weighted by molar-refractivity contribution is -0.145. The first-order valence-electron chi connectivity index (χ1n) is 7.18. The minimum atomic E-state index is -0.836. The molecule has 0 aromatic rings. The number of unbranched alkanes of at least 4 members (excludes halogenated alkanes) is 1. The number of hydrogen-bond acceptors (Lipinski definition) is 4. The van der Waals surface area contributed by atoms with E-state index in [1.807, 2.05) is 0 Å². The first-order valence-corrected chi connectivity index (χ1v) is 7.18. The van der Waals surface area contributed by atoms with Crippen LogP contribution in [0, 0.1) is 5.92 Å². The van der Waals surface area contributed by atoms with Crippen molar-refractivity contribution in [2.45, 2.75) is 52.4 Å². The molecule has 0 heterocycles. The van der Waals surface area contributed by atoms with Gasteiger partial charge in [-0.1, -0.05) is 33.1 Å². The molecule has 0 amide bonds. The molecule has 0 fully saturated rings. The quantitative estimate of drug-likeness (QED) is 0.421. The van der Waals surface area contributed by atoms with Crippen molar-refractivity contribution >= 4 is 11.9 Å². The molecule has 0 bridgehead atoms. The van der Waals surface area contributed by atoms with Gasteiger partial charge in [0.1, 0.15) is 0 Å². The topological polar surface area (TPSA) is 75.6 Å². The van der Waals surface area contributed by atoms with Crippen molar-refractivity contribution in [2.24, 2.45) is 5.92 Å². The van der Waals surface area contributed by atoms with Crippen molar-refractivity contribution in [3.63, 3.8) is 0 Å². The van der Waals surface area contributed by atoms with E-state index in [0.717, 1.165) is 19.3 Å². The summed E-state index contributed by atoms with van der Waals surface area (Å²) in [6, 6.07) is 0. The van der Waals surface area contributed by atoms with Crippen molar-refractivity contribution in [3.05, 3.63) is 0 Å². The minimum Gasteiger partial charge on any atom is -0.481 e. The summed E-state index contributed by atoms with van der Waals surface area (Å²) < 4.78 is 5.22. The number of esters is 1. The number of aliphatic carboxylic acids is 1. The third-order valence-corrected chi connectivity index (χ3v) is 3.04. The zero-order chi connectivity index (χ0) is 14.5. The Labute approximate surface area is 115 Å². The van der Waals surface area contributed by atoms with E-state index in [9.17, 15) is 9.59 Å². The smallest absolute Gasteiger partial charge is 0.307 e. The van der Waals surface area contributed by atoms with Gasteiger partial charge in [-0.25, -0.2) is 0 Å². The highest BCUT2D eigenvalue weighted by Crippen LogP contribution is 2.12. The van der Waals surface area contributed by atoms with Crippen molar-refractivity contribution < 1.29 is 19.4 Å². The largest absolute Gasteiger partial charge is 0.481 e. The van der Waals surface area contributed by atoms with Gasteiger partial charge in [-0.15, -0.1) is 0 Å². The third-order valence-electron chi connectivity index (χ3n) is 3.04. The lowest BCUT2D eigenvalue weighted by Crippen LogP contribution is -2.23. The van der Waals surface area contributed by atoms with Crippen LogP contribution in [0.15, 0.2) is 0 Å². The number of rotatable bonds is 12. The lowest BCUT2D eigenvalue weighted by Gasteiger charge is -2.14. The van der Waals surface area contributed by atoms with Gasteiger partial charge < -0.3 is 15.2 Å². The van der Waals surface area contributed by atoms with Gasteiger partial charge in [0.25, 0.3) is 0 Å². The van der Waals surface area contributed by atoms with Crippen LogP contribution in [0.5, 0.6) is 0 Å². The number of carboxylic acids is 1. The van der Waals surface area contributed by atoms with Crippen molar-refractivity contribution in [1.29, 1.82) is 0 Å². The van der Waals surface area contributed by atoms with E-state index in [1.165, 1.54) is 6.42 Å². The number of ether oxygens (including phenoxy) is 1. The van der Waals surface area contributed by atoms with Gasteiger partial charge in [-0.05, 0) is 12.3 Å². The van der Waals surface area contributed by atoms with Crippen LogP contribution in [0.3, 0.4) is 0 Å². The number of carbonyl (C=O) groups is 2. The maximum atomic E-state index is 11.5. The number of carboxylic acid groups (broad SMARTS) is 1. The zero-order valence-electron chi connectivity index (χ0n) is 12.1. The maximum absolute atomic E-state index is 11.5. The Hall–Kier alpha value is -1.10. The van der Waals surface area contributed by atoms with Crippen LogP contribution in [0.1, 0.15) is 52.4 Å². The Morgan fingerprint density at radius 3 is 2.47 bits per heavy atom. The molecule has 1 atom stereocenters. The Morgan fingerprint density at radius 1 is 1.21 bits per heavy atom. The molecule has 0 aliphatic heterocycles. The fraction of sp³-hybridized carbons (Fsp3) is 0.857. The van der Waals surface area contributed by atoms with Gasteiger partial charge in [0.05, 0.1) is 19.4 Å². The molecule has 0 saturated heterocycles. The number of nitrogens with one attached hydrogen (secondary N) is 1. The molecule has 112 valence electrons. The molecular weight excluding hydrogens is 246 g/mol. The SMILES string of the molecule is CCCCC(CC)COC(=O)CCNCCC(=O)O. The second kappa shape index (κ2) is 12.0. The summed E-state index contributed by atoms with van der Waals surface area (Å²) in [5.74, 6) is -0.585. The Balaban J connectivity index is 3.54. The van der Waals surface area contributed by atoms with Crippen LogP contribution in [-0.4, -0.2) is 36.7 Å². The zero-order valence-corrected chi connectivity index (χ0v) is 12.1. The van der Waals surface area contributed by atoms with Gasteiger partial charge >= 0.3 is 11.9 Å². The van der Waals surface area contributed by atoms with E-state index in [-0.39, 0.29) is 12.4 Å². The van der Waals surface area contributed by atoms with Gasteiger partial charge in [-0.3, -0.25) is 9.59 Å². The van der Waals surface area contributed by atoms with Crippen molar-refractivity contribution in [3.8, 4) is 0 Å². The molecule has 5 nitrogen and oxygen atoms in total. The average molecular weight is 273 g/mol. The highest BCUT2D eigenvalue weighted by Gasteiger charge is 2.09. The van der Waals surface area contributed by atoms with Gasteiger partial charge in [0.15, 0.2) is 0 Å². The van der Waals surface area contributed by atoms with Crippen LogP contribution in [-0.2, 0) is 14.3 Å². The molecular formula is C14H27NO4. The second-order valence-corrected chi connectivity index (χ2v) is 4.74. The van der Waals surface area contributed by atoms with Crippen molar-refractivity contribution in [2.75, 3.05) is 19.7 Å². The van der Waals surface area contributed by atoms with E-state index < -0.39 is 5.97 Å². The first-order chi connectivity index (χ1) is 9.10. The van der Waals surface area contributed by atoms with Gasteiger partial charge in [0, 0.05) is 13.1 Å². The fourth-order valence-corrected chi connectivity index (χ4v) is 1.69. The molecule has 0 aliphatic rings. The summed E-state index contributed by atoms with van der Waals surface area (Å²) in [5.41, 5.74) is 0. The molecule has 0 aliphatic carbocycles. The van der Waals surface area contributed by atoms with E-state index >= 15 is 0 Å². The van der Waals surface area contributed by atoms with Crippen LogP contribution < -0.4 is 5.32 Å². The normalized spacial score (nSPS) is 12.1. The summed E-state index contributed by atoms with van der Waals surface area (Å²) in [7, 11) is 0. The Morgan fingerprint density at radius 2 is 1.89 bits per heavy atom. The molecule has 0 radical (unpaired) electrons. The highest BCUT2D eigenvalue weighted by atomic mass is 16.5. The van der Waals surface area contributed by atoms with Crippen LogP contribution >= 0.6 is 0 Å². The molecule has 0 aromatic carbocycles. The Kier molecular flexibility index (Phi) is 11.3. The summed E-state index contributed by atoms with van der Waals surface area (Å²) >= 11 is 0. The molecule has 5 heteroatoms. The van der Waals surface area contributed by atoms with Crippen LogP contribution in [0.4, 0.5) is 0 Å². The molecule has 2 N–H and O–H groups in total. The molecule has 1 unspecified atom stereocenters. The monoisotopic (exact) mass is 273 g/mol. The predicted molar refractivity (Wildman–Crippen MR) is 74.0 cm³/mol. The van der Waals surface area contributed by atoms with E-state index in [2.05, 4.69) is 19.2 Å². The molecule has 0 saturated carbocycles. The minimum absolute atomic E-state index is 0.0734.